The van der Waals surface area contributed by atoms with E-state index in [9.17, 15) is 0 Å². The maximum absolute atomic E-state index is 3.59. The SMILES string of the molecule is CC(C)c1ccc(CNC(C)(C)CCBr)cc1. The van der Waals surface area contributed by atoms with E-state index in [-0.39, 0.29) is 5.54 Å². The number of alkyl halides is 1. The Balaban J connectivity index is 2.52. The molecule has 0 amide bonds. The molecule has 0 saturated carbocycles. The quantitative estimate of drug-likeness (QED) is 0.764. The molecule has 1 aromatic carbocycles. The first-order chi connectivity index (χ1) is 7.94. The van der Waals surface area contributed by atoms with E-state index in [2.05, 4.69) is 73.2 Å². The van der Waals surface area contributed by atoms with Crippen molar-refractivity contribution in [2.75, 3.05) is 5.33 Å². The molecule has 96 valence electrons. The molecule has 0 aliphatic heterocycles. The fourth-order valence-electron chi connectivity index (χ4n) is 1.69. The van der Waals surface area contributed by atoms with Crippen molar-refractivity contribution in [1.29, 1.82) is 0 Å². The summed E-state index contributed by atoms with van der Waals surface area (Å²) in [6.07, 6.45) is 1.14. The van der Waals surface area contributed by atoms with E-state index >= 15 is 0 Å². The summed E-state index contributed by atoms with van der Waals surface area (Å²) in [5.41, 5.74) is 2.96. The lowest BCUT2D eigenvalue weighted by Crippen LogP contribution is -2.38. The van der Waals surface area contributed by atoms with Gasteiger partial charge in [0.15, 0.2) is 0 Å². The van der Waals surface area contributed by atoms with Crippen LogP contribution in [0.15, 0.2) is 24.3 Å². The third-order valence-corrected chi connectivity index (χ3v) is 3.53. The molecule has 1 nitrogen and oxygen atoms in total. The standard InChI is InChI=1S/C15H24BrN/c1-12(2)14-7-5-13(6-8-14)11-17-15(3,4)9-10-16/h5-8,12,17H,9-11H2,1-4H3. The van der Waals surface area contributed by atoms with Gasteiger partial charge in [-0.05, 0) is 37.3 Å². The topological polar surface area (TPSA) is 12.0 Å². The van der Waals surface area contributed by atoms with Crippen LogP contribution in [0.1, 0.15) is 51.2 Å². The van der Waals surface area contributed by atoms with Crippen LogP contribution in [0.25, 0.3) is 0 Å². The average Bonchev–Trinajstić information content (AvgIpc) is 2.27. The second kappa shape index (κ2) is 6.55. The lowest BCUT2D eigenvalue weighted by atomic mass is 10.00. The van der Waals surface area contributed by atoms with E-state index in [1.807, 2.05) is 0 Å². The van der Waals surface area contributed by atoms with Crippen LogP contribution in [0.4, 0.5) is 0 Å². The summed E-state index contributed by atoms with van der Waals surface area (Å²) in [6.45, 7) is 9.89. The first-order valence-corrected chi connectivity index (χ1v) is 7.46. The predicted molar refractivity (Wildman–Crippen MR) is 79.9 cm³/mol. The Kier molecular flexibility index (Phi) is 5.68. The number of hydrogen-bond donors (Lipinski definition) is 1. The summed E-state index contributed by atoms with van der Waals surface area (Å²) >= 11 is 3.50. The van der Waals surface area contributed by atoms with Gasteiger partial charge in [0.25, 0.3) is 0 Å². The van der Waals surface area contributed by atoms with Gasteiger partial charge in [-0.25, -0.2) is 0 Å². The third kappa shape index (κ3) is 5.22. The Morgan fingerprint density at radius 3 is 2.24 bits per heavy atom. The zero-order chi connectivity index (χ0) is 12.9. The fraction of sp³-hybridized carbons (Fsp3) is 0.600. The van der Waals surface area contributed by atoms with Crippen LogP contribution in [-0.4, -0.2) is 10.9 Å². The zero-order valence-electron chi connectivity index (χ0n) is 11.4. The van der Waals surface area contributed by atoms with Gasteiger partial charge in [0, 0.05) is 17.4 Å². The van der Waals surface area contributed by atoms with Gasteiger partial charge in [0.1, 0.15) is 0 Å². The van der Waals surface area contributed by atoms with Crippen LogP contribution in [0.5, 0.6) is 0 Å². The molecule has 1 aromatic rings. The van der Waals surface area contributed by atoms with E-state index in [1.54, 1.807) is 0 Å². The van der Waals surface area contributed by atoms with E-state index in [0.717, 1.165) is 18.3 Å². The van der Waals surface area contributed by atoms with Crippen LogP contribution in [0.3, 0.4) is 0 Å². The highest BCUT2D eigenvalue weighted by atomic mass is 79.9. The molecule has 0 fully saturated rings. The van der Waals surface area contributed by atoms with E-state index in [1.165, 1.54) is 11.1 Å². The Hall–Kier alpha value is -0.340. The molecule has 1 N–H and O–H groups in total. The average molecular weight is 298 g/mol. The second-order valence-electron chi connectivity index (χ2n) is 5.57. The molecule has 0 spiro atoms. The molecule has 0 aliphatic carbocycles. The van der Waals surface area contributed by atoms with Crippen LogP contribution >= 0.6 is 15.9 Å². The summed E-state index contributed by atoms with van der Waals surface area (Å²) in [4.78, 5) is 0. The second-order valence-corrected chi connectivity index (χ2v) is 6.37. The van der Waals surface area contributed by atoms with Crippen molar-refractivity contribution >= 4 is 15.9 Å². The van der Waals surface area contributed by atoms with Crippen molar-refractivity contribution in [3.05, 3.63) is 35.4 Å². The number of benzene rings is 1. The van der Waals surface area contributed by atoms with Gasteiger partial charge >= 0.3 is 0 Å². The normalized spacial score (nSPS) is 12.1. The van der Waals surface area contributed by atoms with Crippen molar-refractivity contribution in [3.8, 4) is 0 Å². The Morgan fingerprint density at radius 2 is 1.76 bits per heavy atom. The van der Waals surface area contributed by atoms with Crippen LogP contribution in [-0.2, 0) is 6.54 Å². The minimum absolute atomic E-state index is 0.195. The first kappa shape index (κ1) is 14.7. The van der Waals surface area contributed by atoms with Crippen LogP contribution < -0.4 is 5.32 Å². The minimum atomic E-state index is 0.195. The predicted octanol–water partition coefficient (Wildman–Crippen LogP) is 4.46. The summed E-state index contributed by atoms with van der Waals surface area (Å²) in [7, 11) is 0. The number of hydrogen-bond acceptors (Lipinski definition) is 1. The highest BCUT2D eigenvalue weighted by Gasteiger charge is 2.15. The largest absolute Gasteiger partial charge is 0.308 e. The lowest BCUT2D eigenvalue weighted by molar-refractivity contribution is 0.378. The van der Waals surface area contributed by atoms with Gasteiger partial charge in [-0.1, -0.05) is 54.0 Å². The minimum Gasteiger partial charge on any atom is -0.308 e. The summed E-state index contributed by atoms with van der Waals surface area (Å²) in [6, 6.07) is 8.93. The van der Waals surface area contributed by atoms with Gasteiger partial charge in [0.2, 0.25) is 0 Å². The number of rotatable bonds is 6. The zero-order valence-corrected chi connectivity index (χ0v) is 13.0. The van der Waals surface area contributed by atoms with E-state index < -0.39 is 0 Å². The van der Waals surface area contributed by atoms with Gasteiger partial charge < -0.3 is 5.32 Å². The first-order valence-electron chi connectivity index (χ1n) is 6.34. The van der Waals surface area contributed by atoms with E-state index in [0.29, 0.717) is 5.92 Å². The summed E-state index contributed by atoms with van der Waals surface area (Å²) in [5, 5.41) is 4.64. The van der Waals surface area contributed by atoms with Gasteiger partial charge in [-0.15, -0.1) is 0 Å². The van der Waals surface area contributed by atoms with Crippen molar-refractivity contribution in [2.24, 2.45) is 0 Å². The van der Waals surface area contributed by atoms with Crippen molar-refractivity contribution in [1.82, 2.24) is 5.32 Å². The van der Waals surface area contributed by atoms with Crippen LogP contribution in [0.2, 0.25) is 0 Å². The molecule has 0 bridgehead atoms. The Bertz CT molecular complexity index is 327. The van der Waals surface area contributed by atoms with Gasteiger partial charge in [0.05, 0.1) is 0 Å². The maximum Gasteiger partial charge on any atom is 0.0210 e. The van der Waals surface area contributed by atoms with Crippen molar-refractivity contribution in [2.45, 2.75) is 52.1 Å². The Morgan fingerprint density at radius 1 is 1.18 bits per heavy atom. The molecular formula is C15H24BrN. The summed E-state index contributed by atoms with van der Waals surface area (Å²) in [5.74, 6) is 0.613. The molecule has 0 atom stereocenters. The smallest absolute Gasteiger partial charge is 0.0210 e. The molecule has 1 rings (SSSR count). The lowest BCUT2D eigenvalue weighted by Gasteiger charge is -2.25. The molecule has 0 radical (unpaired) electrons. The Labute approximate surface area is 114 Å². The molecule has 0 unspecified atom stereocenters. The third-order valence-electron chi connectivity index (χ3n) is 3.14. The monoisotopic (exact) mass is 297 g/mol. The van der Waals surface area contributed by atoms with Gasteiger partial charge in [-0.3, -0.25) is 0 Å². The molecule has 0 aromatic heterocycles. The summed E-state index contributed by atoms with van der Waals surface area (Å²) < 4.78 is 0. The molecule has 17 heavy (non-hydrogen) atoms. The molecule has 0 aliphatic rings. The van der Waals surface area contributed by atoms with Crippen LogP contribution in [0, 0.1) is 0 Å². The fourth-order valence-corrected chi connectivity index (χ4v) is 2.68. The molecule has 0 saturated heterocycles. The van der Waals surface area contributed by atoms with E-state index in [4.69, 9.17) is 0 Å². The number of halogens is 1. The molecular weight excluding hydrogens is 274 g/mol. The van der Waals surface area contributed by atoms with Crippen molar-refractivity contribution in [3.63, 3.8) is 0 Å². The molecule has 0 heterocycles. The number of nitrogens with one attached hydrogen (secondary N) is 1. The molecule has 2 heteroatoms. The van der Waals surface area contributed by atoms with Gasteiger partial charge in [-0.2, -0.15) is 0 Å². The van der Waals surface area contributed by atoms with Crippen molar-refractivity contribution < 1.29 is 0 Å². The highest BCUT2D eigenvalue weighted by molar-refractivity contribution is 9.09. The highest BCUT2D eigenvalue weighted by Crippen LogP contribution is 2.16. The maximum atomic E-state index is 3.59.